The average molecular weight is 359 g/mol. The first-order valence-electron chi connectivity index (χ1n) is 8.89. The number of hydrogen-bond donors (Lipinski definition) is 0. The summed E-state index contributed by atoms with van der Waals surface area (Å²) in [6.45, 7) is 3.84. The SMILES string of the molecule is Cc1noc(C)c1CSCC(=O)n1ccccc1=NC1CCCCC1. The molecular formula is C19H25N3O2S. The molecule has 0 spiro atoms. The van der Waals surface area contributed by atoms with Crippen LogP contribution in [0.5, 0.6) is 0 Å². The van der Waals surface area contributed by atoms with Crippen molar-refractivity contribution in [2.24, 2.45) is 4.99 Å². The molecule has 0 bridgehead atoms. The number of hydrogen-bond acceptors (Lipinski definition) is 5. The second-order valence-electron chi connectivity index (χ2n) is 6.54. The normalized spacial score (nSPS) is 16.3. The molecule has 0 amide bonds. The lowest BCUT2D eigenvalue weighted by Crippen LogP contribution is -2.29. The predicted molar refractivity (Wildman–Crippen MR) is 99.6 cm³/mol. The van der Waals surface area contributed by atoms with Gasteiger partial charge in [0.1, 0.15) is 11.2 Å². The summed E-state index contributed by atoms with van der Waals surface area (Å²) in [5.41, 5.74) is 2.76. The fraction of sp³-hybridized carbons (Fsp3) is 0.526. The van der Waals surface area contributed by atoms with Gasteiger partial charge in [-0.3, -0.25) is 14.4 Å². The Labute approximate surface area is 152 Å². The number of aryl methyl sites for hydroxylation is 2. The van der Waals surface area contributed by atoms with Gasteiger partial charge in [-0.1, -0.05) is 30.5 Å². The van der Waals surface area contributed by atoms with E-state index in [1.54, 1.807) is 16.3 Å². The van der Waals surface area contributed by atoms with Crippen molar-refractivity contribution in [3.05, 3.63) is 46.9 Å². The number of pyridine rings is 1. The zero-order valence-corrected chi connectivity index (χ0v) is 15.7. The zero-order valence-electron chi connectivity index (χ0n) is 14.9. The van der Waals surface area contributed by atoms with E-state index in [9.17, 15) is 4.79 Å². The molecule has 5 nitrogen and oxygen atoms in total. The van der Waals surface area contributed by atoms with Crippen LogP contribution in [0.1, 0.15) is 53.9 Å². The molecule has 2 heterocycles. The van der Waals surface area contributed by atoms with Crippen molar-refractivity contribution in [3.63, 3.8) is 0 Å². The monoisotopic (exact) mass is 359 g/mol. The molecular weight excluding hydrogens is 334 g/mol. The van der Waals surface area contributed by atoms with E-state index in [2.05, 4.69) is 5.16 Å². The molecule has 134 valence electrons. The number of nitrogens with zero attached hydrogens (tertiary/aromatic N) is 3. The van der Waals surface area contributed by atoms with Crippen molar-refractivity contribution in [1.82, 2.24) is 9.72 Å². The molecule has 0 unspecified atom stereocenters. The smallest absolute Gasteiger partial charge is 0.242 e. The van der Waals surface area contributed by atoms with Crippen LogP contribution in [0.2, 0.25) is 0 Å². The standard InChI is InChI=1S/C19H25N3O2S/c1-14-17(15(2)24-21-14)12-25-13-19(23)22-11-7-6-10-18(22)20-16-8-4-3-5-9-16/h6-7,10-11,16H,3-5,8-9,12-13H2,1-2H3. The van der Waals surface area contributed by atoms with Gasteiger partial charge in [0.05, 0.1) is 17.5 Å². The van der Waals surface area contributed by atoms with Gasteiger partial charge in [0.2, 0.25) is 5.91 Å². The largest absolute Gasteiger partial charge is 0.361 e. The molecule has 0 aromatic carbocycles. The first-order chi connectivity index (χ1) is 12.1. The molecule has 3 rings (SSSR count). The summed E-state index contributed by atoms with van der Waals surface area (Å²) in [4.78, 5) is 17.5. The summed E-state index contributed by atoms with van der Waals surface area (Å²) in [7, 11) is 0. The van der Waals surface area contributed by atoms with Crippen molar-refractivity contribution in [1.29, 1.82) is 0 Å². The van der Waals surface area contributed by atoms with Crippen LogP contribution in [0.25, 0.3) is 0 Å². The summed E-state index contributed by atoms with van der Waals surface area (Å²) in [6, 6.07) is 6.12. The Morgan fingerprint density at radius 2 is 2.12 bits per heavy atom. The Morgan fingerprint density at radius 3 is 2.84 bits per heavy atom. The minimum atomic E-state index is 0.0620. The van der Waals surface area contributed by atoms with Gasteiger partial charge in [-0.2, -0.15) is 0 Å². The van der Waals surface area contributed by atoms with Crippen LogP contribution in [0, 0.1) is 13.8 Å². The third kappa shape index (κ3) is 4.63. The highest BCUT2D eigenvalue weighted by Gasteiger charge is 2.14. The summed E-state index contributed by atoms with van der Waals surface area (Å²) >= 11 is 1.58. The lowest BCUT2D eigenvalue weighted by atomic mass is 9.96. The fourth-order valence-electron chi connectivity index (χ4n) is 3.17. The molecule has 0 atom stereocenters. The van der Waals surface area contributed by atoms with Crippen LogP contribution >= 0.6 is 11.8 Å². The molecule has 1 saturated carbocycles. The maximum atomic E-state index is 12.6. The number of thioether (sulfide) groups is 1. The topological polar surface area (TPSA) is 60.4 Å². The highest BCUT2D eigenvalue weighted by atomic mass is 32.2. The zero-order chi connectivity index (χ0) is 17.6. The van der Waals surface area contributed by atoms with E-state index in [0.717, 1.165) is 41.1 Å². The van der Waals surface area contributed by atoms with Crippen LogP contribution in [-0.4, -0.2) is 27.4 Å². The molecule has 0 radical (unpaired) electrons. The number of carbonyl (C=O) groups is 1. The van der Waals surface area contributed by atoms with Gasteiger partial charge >= 0.3 is 0 Å². The molecule has 0 aliphatic heterocycles. The maximum absolute atomic E-state index is 12.6. The Kier molecular flexibility index (Phi) is 6.13. The molecule has 25 heavy (non-hydrogen) atoms. The van der Waals surface area contributed by atoms with Crippen molar-refractivity contribution >= 4 is 17.7 Å². The van der Waals surface area contributed by atoms with E-state index in [-0.39, 0.29) is 5.91 Å². The van der Waals surface area contributed by atoms with E-state index in [1.165, 1.54) is 19.3 Å². The molecule has 2 aromatic rings. The predicted octanol–water partition coefficient (Wildman–Crippen LogP) is 3.90. The second kappa shape index (κ2) is 8.52. The van der Waals surface area contributed by atoms with Crippen molar-refractivity contribution in [2.75, 3.05) is 5.75 Å². The highest BCUT2D eigenvalue weighted by molar-refractivity contribution is 7.99. The molecule has 1 aliphatic rings. The average Bonchev–Trinajstić information content (AvgIpc) is 2.95. The van der Waals surface area contributed by atoms with Crippen LogP contribution < -0.4 is 5.49 Å². The van der Waals surface area contributed by atoms with E-state index in [1.807, 2.05) is 38.2 Å². The molecule has 0 saturated heterocycles. The summed E-state index contributed by atoms with van der Waals surface area (Å²) in [6.07, 6.45) is 7.86. The minimum Gasteiger partial charge on any atom is -0.361 e. The Morgan fingerprint density at radius 1 is 1.32 bits per heavy atom. The van der Waals surface area contributed by atoms with Gasteiger partial charge < -0.3 is 4.52 Å². The van der Waals surface area contributed by atoms with Gasteiger partial charge in [-0.25, -0.2) is 0 Å². The van der Waals surface area contributed by atoms with Gasteiger partial charge in [0.15, 0.2) is 0 Å². The van der Waals surface area contributed by atoms with E-state index < -0.39 is 0 Å². The quantitative estimate of drug-likeness (QED) is 0.812. The van der Waals surface area contributed by atoms with E-state index >= 15 is 0 Å². The molecule has 2 aromatic heterocycles. The van der Waals surface area contributed by atoms with Gasteiger partial charge in [-0.15, -0.1) is 11.8 Å². The Bertz CT molecular complexity index is 768. The number of carbonyl (C=O) groups excluding carboxylic acids is 1. The van der Waals surface area contributed by atoms with Gasteiger partial charge in [-0.05, 0) is 38.8 Å². The molecule has 1 fully saturated rings. The molecule has 0 N–H and O–H groups in total. The highest BCUT2D eigenvalue weighted by Crippen LogP contribution is 2.20. The third-order valence-electron chi connectivity index (χ3n) is 4.65. The van der Waals surface area contributed by atoms with E-state index in [0.29, 0.717) is 11.8 Å². The molecule has 1 aliphatic carbocycles. The first-order valence-corrected chi connectivity index (χ1v) is 10.0. The van der Waals surface area contributed by atoms with Crippen molar-refractivity contribution < 1.29 is 9.32 Å². The second-order valence-corrected chi connectivity index (χ2v) is 7.52. The van der Waals surface area contributed by atoms with Crippen LogP contribution in [0.15, 0.2) is 33.9 Å². The van der Waals surface area contributed by atoms with Crippen LogP contribution in [0.4, 0.5) is 0 Å². The van der Waals surface area contributed by atoms with Crippen molar-refractivity contribution in [2.45, 2.75) is 57.7 Å². The third-order valence-corrected chi connectivity index (χ3v) is 5.59. The summed E-state index contributed by atoms with van der Waals surface area (Å²) in [5, 5.41) is 3.96. The fourth-order valence-corrected chi connectivity index (χ4v) is 4.20. The van der Waals surface area contributed by atoms with Crippen LogP contribution in [-0.2, 0) is 5.75 Å². The van der Waals surface area contributed by atoms with Crippen molar-refractivity contribution in [3.8, 4) is 0 Å². The summed E-state index contributed by atoms with van der Waals surface area (Å²) in [5.74, 6) is 2.03. The number of rotatable bonds is 5. The lowest BCUT2D eigenvalue weighted by molar-refractivity contribution is 0.0936. The Balaban J connectivity index is 1.67. The van der Waals surface area contributed by atoms with Gasteiger partial charge in [0.25, 0.3) is 0 Å². The van der Waals surface area contributed by atoms with Gasteiger partial charge in [0, 0.05) is 17.5 Å². The summed E-state index contributed by atoms with van der Waals surface area (Å²) < 4.78 is 6.86. The number of aromatic nitrogens is 2. The first kappa shape index (κ1) is 18.0. The maximum Gasteiger partial charge on any atom is 0.242 e. The van der Waals surface area contributed by atoms with E-state index in [4.69, 9.17) is 9.52 Å². The lowest BCUT2D eigenvalue weighted by Gasteiger charge is -2.17. The molecule has 6 heteroatoms. The van der Waals surface area contributed by atoms with Crippen LogP contribution in [0.3, 0.4) is 0 Å². The minimum absolute atomic E-state index is 0.0620. The Hall–Kier alpha value is -1.82.